The zero-order valence-corrected chi connectivity index (χ0v) is 24.2. The van der Waals surface area contributed by atoms with Crippen molar-refractivity contribution in [2.75, 3.05) is 20.8 Å². The number of ketones is 1. The van der Waals surface area contributed by atoms with Gasteiger partial charge in [-0.25, -0.2) is 4.98 Å². The lowest BCUT2D eigenvalue weighted by Crippen LogP contribution is -2.64. The van der Waals surface area contributed by atoms with Crippen LogP contribution in [0.25, 0.3) is 0 Å². The van der Waals surface area contributed by atoms with Gasteiger partial charge in [0.15, 0.2) is 12.0 Å². The highest BCUT2D eigenvalue weighted by Gasteiger charge is 2.45. The third kappa shape index (κ3) is 7.67. The average molecular weight is 611 g/mol. The predicted octanol–water partition coefficient (Wildman–Crippen LogP) is 1.99. The van der Waals surface area contributed by atoms with E-state index in [4.69, 9.17) is 48.6 Å². The summed E-state index contributed by atoms with van der Waals surface area (Å²) in [5.74, 6) is 2.16. The van der Waals surface area contributed by atoms with E-state index in [0.29, 0.717) is 29.0 Å². The van der Waals surface area contributed by atoms with E-state index in [0.717, 1.165) is 0 Å². The number of nitrogens with zero attached hydrogens (tertiary/aromatic N) is 1. The molecule has 5 atom stereocenters. The zero-order valence-electron chi connectivity index (χ0n) is 22.7. The quantitative estimate of drug-likeness (QED) is 0.262. The van der Waals surface area contributed by atoms with E-state index >= 15 is 0 Å². The van der Waals surface area contributed by atoms with Crippen molar-refractivity contribution in [3.05, 3.63) is 50.6 Å². The van der Waals surface area contributed by atoms with Crippen LogP contribution in [0.5, 0.6) is 11.6 Å². The molecule has 1 saturated heterocycles. The van der Waals surface area contributed by atoms with E-state index in [1.807, 2.05) is 0 Å². The Bertz CT molecular complexity index is 1300. The molecule has 1 amide bonds. The predicted molar refractivity (Wildman–Crippen MR) is 149 cm³/mol. The highest BCUT2D eigenvalue weighted by molar-refractivity contribution is 6.38. The number of aromatic nitrogens is 1. The normalized spacial score (nSPS) is 22.1. The first-order valence-corrected chi connectivity index (χ1v) is 13.4. The number of halogens is 2. The van der Waals surface area contributed by atoms with Crippen molar-refractivity contribution < 1.29 is 43.9 Å². The number of amides is 1. The third-order valence-corrected chi connectivity index (χ3v) is 7.31. The molecule has 222 valence electrons. The molecule has 2 heterocycles. The van der Waals surface area contributed by atoms with Crippen LogP contribution in [0.1, 0.15) is 39.9 Å². The molecule has 1 aromatic carbocycles. The average Bonchev–Trinajstić information content (AvgIpc) is 2.96. The van der Waals surface area contributed by atoms with Crippen LogP contribution in [-0.2, 0) is 27.3 Å². The van der Waals surface area contributed by atoms with Gasteiger partial charge in [-0.1, -0.05) is 23.2 Å². The summed E-state index contributed by atoms with van der Waals surface area (Å²) < 4.78 is 21.8. The summed E-state index contributed by atoms with van der Waals surface area (Å²) in [7, 11) is 2.76. The van der Waals surface area contributed by atoms with Gasteiger partial charge in [0.2, 0.25) is 5.88 Å². The Balaban J connectivity index is 1.77. The molecule has 2 aromatic rings. The smallest absolute Gasteiger partial charge is 0.252 e. The first kappa shape index (κ1) is 32.6. The number of carbonyl (C=O) groups excluding carboxylic acids is 2. The lowest BCUT2D eigenvalue weighted by molar-refractivity contribution is -0.261. The largest absolute Gasteiger partial charge is 0.486 e. The molecule has 0 aliphatic carbocycles. The lowest BCUT2D eigenvalue weighted by atomic mass is 9.96. The number of ether oxygens (including phenoxy) is 4. The number of benzene rings is 1. The fourth-order valence-electron chi connectivity index (χ4n) is 4.33. The van der Waals surface area contributed by atoms with Gasteiger partial charge in [0.1, 0.15) is 36.7 Å². The Morgan fingerprint density at radius 3 is 2.59 bits per heavy atom. The first-order valence-electron chi connectivity index (χ1n) is 12.6. The van der Waals surface area contributed by atoms with Gasteiger partial charge in [0.25, 0.3) is 5.91 Å². The van der Waals surface area contributed by atoms with Gasteiger partial charge in [0, 0.05) is 49.3 Å². The summed E-state index contributed by atoms with van der Waals surface area (Å²) in [6, 6.07) is 1.93. The fourth-order valence-corrected chi connectivity index (χ4v) is 4.90. The SMILES string of the molecule is C#CCCC(=O)Cc1cc(COc2c(Cl)cc(C(=O)N[C@H]3[C@@H](OC)O[C@H](CO)[C@@H](O)[C@@H]3O)c(C)c2Cl)cnc1OC. The van der Waals surface area contributed by atoms with Crippen LogP contribution in [0.15, 0.2) is 18.3 Å². The number of carbonyl (C=O) groups is 2. The van der Waals surface area contributed by atoms with Crippen molar-refractivity contribution in [3.8, 4) is 24.0 Å². The standard InChI is InChI=1S/C28H32Cl2N2O9/c1-5-6-7-17(34)9-16-8-15(11-31-27(16)38-3)13-40-25-19(29)10-18(14(2)21(25)30)26(37)32-22-24(36)23(35)20(12-33)41-28(22)39-4/h1,8,10-11,20,22-24,28,33,35-36H,6-7,9,12-13H2,2-4H3,(H,32,37)/t20-,22-,23-,24-,28+/m1/s1. The molecule has 13 heteroatoms. The highest BCUT2D eigenvalue weighted by atomic mass is 35.5. The number of methoxy groups -OCH3 is 2. The van der Waals surface area contributed by atoms with Gasteiger partial charge in [0.05, 0.1) is 23.8 Å². The van der Waals surface area contributed by atoms with Gasteiger partial charge < -0.3 is 39.6 Å². The Labute approximate surface area is 247 Å². The Morgan fingerprint density at radius 2 is 1.95 bits per heavy atom. The van der Waals surface area contributed by atoms with Crippen molar-refractivity contribution in [2.45, 2.75) is 63.4 Å². The molecule has 3 rings (SSSR count). The van der Waals surface area contributed by atoms with Crippen molar-refractivity contribution in [1.82, 2.24) is 10.3 Å². The molecule has 1 aliphatic heterocycles. The number of pyridine rings is 1. The van der Waals surface area contributed by atoms with Crippen molar-refractivity contribution in [1.29, 1.82) is 0 Å². The molecule has 11 nitrogen and oxygen atoms in total. The van der Waals surface area contributed by atoms with Gasteiger partial charge in [-0.05, 0) is 24.6 Å². The van der Waals surface area contributed by atoms with Crippen LogP contribution in [0.4, 0.5) is 0 Å². The number of aliphatic hydroxyl groups excluding tert-OH is 3. The maximum Gasteiger partial charge on any atom is 0.252 e. The van der Waals surface area contributed by atoms with E-state index in [1.165, 1.54) is 26.5 Å². The molecule has 0 radical (unpaired) electrons. The van der Waals surface area contributed by atoms with Crippen LogP contribution in [0, 0.1) is 19.3 Å². The number of nitrogens with one attached hydrogen (secondary N) is 1. The van der Waals surface area contributed by atoms with E-state index in [1.54, 1.807) is 13.0 Å². The van der Waals surface area contributed by atoms with Crippen LogP contribution < -0.4 is 14.8 Å². The minimum absolute atomic E-state index is 0.00198. The first-order chi connectivity index (χ1) is 19.6. The third-order valence-electron chi connectivity index (χ3n) is 6.57. The minimum atomic E-state index is -1.49. The summed E-state index contributed by atoms with van der Waals surface area (Å²) in [5, 5.41) is 32.8. The second kappa shape index (κ2) is 14.8. The molecule has 0 unspecified atom stereocenters. The fraction of sp³-hybridized carbons (Fsp3) is 0.464. The second-order valence-electron chi connectivity index (χ2n) is 9.34. The zero-order chi connectivity index (χ0) is 30.3. The number of terminal acetylenes is 1. The van der Waals surface area contributed by atoms with E-state index in [-0.39, 0.29) is 46.6 Å². The van der Waals surface area contributed by atoms with Crippen molar-refractivity contribution >= 4 is 34.9 Å². The van der Waals surface area contributed by atoms with Gasteiger partial charge >= 0.3 is 0 Å². The molecular weight excluding hydrogens is 579 g/mol. The number of rotatable bonds is 12. The molecule has 1 aliphatic rings. The molecule has 41 heavy (non-hydrogen) atoms. The topological polar surface area (TPSA) is 157 Å². The summed E-state index contributed by atoms with van der Waals surface area (Å²) in [5.41, 5.74) is 1.63. The lowest BCUT2D eigenvalue weighted by Gasteiger charge is -2.41. The van der Waals surface area contributed by atoms with Crippen LogP contribution >= 0.6 is 23.2 Å². The van der Waals surface area contributed by atoms with Crippen LogP contribution in [-0.4, -0.2) is 83.5 Å². The van der Waals surface area contributed by atoms with Crippen molar-refractivity contribution in [3.63, 3.8) is 0 Å². The molecule has 0 bridgehead atoms. The summed E-state index contributed by atoms with van der Waals surface area (Å²) in [4.78, 5) is 29.6. The summed E-state index contributed by atoms with van der Waals surface area (Å²) in [6.45, 7) is 1.04. The van der Waals surface area contributed by atoms with E-state index in [9.17, 15) is 24.9 Å². The molecule has 0 saturated carbocycles. The van der Waals surface area contributed by atoms with Gasteiger partial charge in [-0.3, -0.25) is 9.59 Å². The Morgan fingerprint density at radius 1 is 1.22 bits per heavy atom. The minimum Gasteiger partial charge on any atom is -0.486 e. The molecular formula is C28H32Cl2N2O9. The highest BCUT2D eigenvalue weighted by Crippen LogP contribution is 2.38. The number of Topliss-reactive ketones (excluding diaryl/α,β-unsaturated/α-hetero) is 1. The monoisotopic (exact) mass is 610 g/mol. The molecule has 4 N–H and O–H groups in total. The number of hydrogen-bond donors (Lipinski definition) is 4. The van der Waals surface area contributed by atoms with E-state index in [2.05, 4.69) is 16.2 Å². The van der Waals surface area contributed by atoms with E-state index < -0.39 is 43.2 Å². The number of aliphatic hydroxyl groups is 3. The summed E-state index contributed by atoms with van der Waals surface area (Å²) >= 11 is 13.0. The molecule has 1 fully saturated rings. The van der Waals surface area contributed by atoms with Gasteiger partial charge in [-0.15, -0.1) is 12.3 Å². The summed E-state index contributed by atoms with van der Waals surface area (Å²) in [6.07, 6.45) is 2.28. The van der Waals surface area contributed by atoms with Gasteiger partial charge in [-0.2, -0.15) is 0 Å². The molecule has 1 aromatic heterocycles. The second-order valence-corrected chi connectivity index (χ2v) is 10.1. The molecule has 0 spiro atoms. The maximum atomic E-state index is 13.2. The van der Waals surface area contributed by atoms with Crippen LogP contribution in [0.2, 0.25) is 10.0 Å². The maximum absolute atomic E-state index is 13.2. The Hall–Kier alpha value is -2.95. The van der Waals surface area contributed by atoms with Crippen molar-refractivity contribution in [2.24, 2.45) is 0 Å². The number of hydrogen-bond acceptors (Lipinski definition) is 10. The van der Waals surface area contributed by atoms with Crippen LogP contribution in [0.3, 0.4) is 0 Å². The Kier molecular flexibility index (Phi) is 11.7.